The summed E-state index contributed by atoms with van der Waals surface area (Å²) >= 11 is 6.59. The lowest BCUT2D eigenvalue weighted by molar-refractivity contribution is -0.384. The van der Waals surface area contributed by atoms with Crippen LogP contribution in [0.2, 0.25) is 5.15 Å². The van der Waals surface area contributed by atoms with Gasteiger partial charge in [0, 0.05) is 23.6 Å². The van der Waals surface area contributed by atoms with Crippen molar-refractivity contribution < 1.29 is 4.92 Å². The highest BCUT2D eigenvalue weighted by molar-refractivity contribution is 6.32. The van der Waals surface area contributed by atoms with Crippen LogP contribution < -0.4 is 0 Å². The molecule has 0 saturated heterocycles. The van der Waals surface area contributed by atoms with Crippen LogP contribution in [0.3, 0.4) is 0 Å². The van der Waals surface area contributed by atoms with E-state index < -0.39 is 4.92 Å². The molecular weight excluding hydrogens is 414 g/mol. The predicted molar refractivity (Wildman–Crippen MR) is 121 cm³/mol. The number of aryl methyl sites for hydroxylation is 1. The van der Waals surface area contributed by atoms with Crippen molar-refractivity contribution in [1.29, 1.82) is 0 Å². The third-order valence-corrected chi connectivity index (χ3v) is 6.80. The molecule has 0 aliphatic heterocycles. The average molecular weight is 442 g/mol. The van der Waals surface area contributed by atoms with E-state index in [-0.39, 0.29) is 5.69 Å². The second-order valence-corrected chi connectivity index (χ2v) is 9.83. The molecular formula is C23H28ClN5O2. The van der Waals surface area contributed by atoms with Crippen molar-refractivity contribution in [2.24, 2.45) is 11.3 Å². The summed E-state index contributed by atoms with van der Waals surface area (Å²) in [4.78, 5) is 20.0. The van der Waals surface area contributed by atoms with E-state index >= 15 is 0 Å². The fourth-order valence-corrected chi connectivity index (χ4v) is 4.90. The summed E-state index contributed by atoms with van der Waals surface area (Å²) in [5.41, 5.74) is 2.71. The quantitative estimate of drug-likeness (QED) is 0.353. The molecule has 1 aliphatic rings. The number of nitro groups is 1. The highest BCUT2D eigenvalue weighted by Gasteiger charge is 2.33. The van der Waals surface area contributed by atoms with Crippen molar-refractivity contribution in [3.63, 3.8) is 0 Å². The summed E-state index contributed by atoms with van der Waals surface area (Å²) in [5.74, 6) is 2.44. The molecule has 1 aromatic carbocycles. The molecule has 0 spiro atoms. The van der Waals surface area contributed by atoms with Crippen LogP contribution in [-0.4, -0.2) is 24.5 Å². The van der Waals surface area contributed by atoms with Crippen LogP contribution in [0.5, 0.6) is 0 Å². The van der Waals surface area contributed by atoms with Gasteiger partial charge in [0.05, 0.1) is 10.6 Å². The number of aromatic nitrogens is 4. The van der Waals surface area contributed by atoms with Gasteiger partial charge in [-0.1, -0.05) is 39.3 Å². The minimum Gasteiger partial charge on any atom is -0.258 e. The molecule has 8 heteroatoms. The van der Waals surface area contributed by atoms with Crippen molar-refractivity contribution in [2.75, 3.05) is 0 Å². The molecule has 0 amide bonds. The molecule has 0 N–H and O–H groups in total. The van der Waals surface area contributed by atoms with Gasteiger partial charge in [0.2, 0.25) is 0 Å². The number of benzene rings is 1. The number of nitrogens with zero attached hydrogens (tertiary/aromatic N) is 5. The van der Waals surface area contributed by atoms with Crippen LogP contribution >= 0.6 is 11.6 Å². The summed E-state index contributed by atoms with van der Waals surface area (Å²) in [6, 6.07) is 6.22. The van der Waals surface area contributed by atoms with Crippen molar-refractivity contribution in [2.45, 2.75) is 65.7 Å². The number of halogens is 1. The highest BCUT2D eigenvalue weighted by atomic mass is 35.5. The molecule has 0 unspecified atom stereocenters. The van der Waals surface area contributed by atoms with Gasteiger partial charge in [0.15, 0.2) is 11.0 Å². The molecule has 0 bridgehead atoms. The van der Waals surface area contributed by atoms with Crippen LogP contribution in [0, 0.1) is 21.4 Å². The Morgan fingerprint density at radius 2 is 1.77 bits per heavy atom. The molecule has 164 valence electrons. The Balaban J connectivity index is 1.74. The van der Waals surface area contributed by atoms with E-state index in [0.717, 1.165) is 42.2 Å². The van der Waals surface area contributed by atoms with E-state index in [4.69, 9.17) is 21.7 Å². The van der Waals surface area contributed by atoms with Crippen LogP contribution in [-0.2, 0) is 6.42 Å². The van der Waals surface area contributed by atoms with E-state index in [0.29, 0.717) is 27.9 Å². The van der Waals surface area contributed by atoms with Crippen molar-refractivity contribution in [3.05, 3.63) is 51.1 Å². The minimum absolute atomic E-state index is 0.0307. The molecule has 1 fully saturated rings. The maximum absolute atomic E-state index is 11.0. The number of hydrogen-bond donors (Lipinski definition) is 0. The van der Waals surface area contributed by atoms with E-state index in [1.54, 1.807) is 12.1 Å². The topological polar surface area (TPSA) is 86.2 Å². The third-order valence-electron chi connectivity index (χ3n) is 6.53. The zero-order valence-electron chi connectivity index (χ0n) is 18.4. The maximum Gasteiger partial charge on any atom is 0.269 e. The number of non-ortho nitro benzene ring substituents is 1. The van der Waals surface area contributed by atoms with Gasteiger partial charge in [0.1, 0.15) is 11.3 Å². The van der Waals surface area contributed by atoms with E-state index in [2.05, 4.69) is 32.7 Å². The molecule has 7 nitrogen and oxygen atoms in total. The predicted octanol–water partition coefficient (Wildman–Crippen LogP) is 6.24. The van der Waals surface area contributed by atoms with E-state index in [1.165, 1.54) is 25.0 Å². The summed E-state index contributed by atoms with van der Waals surface area (Å²) in [6.45, 7) is 9.02. The molecule has 2 aromatic heterocycles. The third kappa shape index (κ3) is 4.15. The zero-order chi connectivity index (χ0) is 22.3. The zero-order valence-corrected chi connectivity index (χ0v) is 19.2. The fourth-order valence-electron chi connectivity index (χ4n) is 4.63. The summed E-state index contributed by atoms with van der Waals surface area (Å²) in [5, 5.41) is 16.1. The summed E-state index contributed by atoms with van der Waals surface area (Å²) in [7, 11) is 0. The maximum atomic E-state index is 11.0. The van der Waals surface area contributed by atoms with E-state index in [9.17, 15) is 10.1 Å². The monoisotopic (exact) mass is 441 g/mol. The van der Waals surface area contributed by atoms with Crippen LogP contribution in [0.4, 0.5) is 5.69 Å². The smallest absolute Gasteiger partial charge is 0.258 e. The summed E-state index contributed by atoms with van der Waals surface area (Å²) < 4.78 is 1.87. The Bertz CT molecular complexity index is 1110. The van der Waals surface area contributed by atoms with Crippen molar-refractivity contribution >= 4 is 22.8 Å². The molecule has 4 rings (SSSR count). The molecule has 1 aliphatic carbocycles. The molecule has 0 atom stereocenters. The minimum atomic E-state index is -0.420. The molecule has 1 saturated carbocycles. The number of fused-ring (bicyclic) bond motifs is 1. The molecule has 3 aromatic rings. The van der Waals surface area contributed by atoms with Gasteiger partial charge in [-0.05, 0) is 55.6 Å². The lowest BCUT2D eigenvalue weighted by Gasteiger charge is -2.36. The van der Waals surface area contributed by atoms with E-state index in [1.807, 2.05) is 4.52 Å². The number of nitro benzene ring substituents is 1. The SMILES string of the molecule is CCc1nc([C@H]2CC[C@@H](C(C)(C)C)CC2)n2nc(-c3ccc([N+](=O)[O-])cc3)nc(Cl)c12. The normalized spacial score (nSPS) is 19.6. The van der Waals surface area contributed by atoms with Gasteiger partial charge in [-0.3, -0.25) is 10.1 Å². The molecule has 0 radical (unpaired) electrons. The van der Waals surface area contributed by atoms with Gasteiger partial charge in [-0.2, -0.15) is 0 Å². The Morgan fingerprint density at radius 3 is 2.32 bits per heavy atom. The second kappa shape index (κ2) is 8.19. The number of rotatable bonds is 4. The Kier molecular flexibility index (Phi) is 5.73. The second-order valence-electron chi connectivity index (χ2n) is 9.48. The van der Waals surface area contributed by atoms with Gasteiger partial charge in [0.25, 0.3) is 5.69 Å². The van der Waals surface area contributed by atoms with Crippen LogP contribution in [0.25, 0.3) is 16.9 Å². The Labute approximate surface area is 187 Å². The van der Waals surface area contributed by atoms with Crippen molar-refractivity contribution in [1.82, 2.24) is 19.6 Å². The molecule has 31 heavy (non-hydrogen) atoms. The summed E-state index contributed by atoms with van der Waals surface area (Å²) in [6.07, 6.45) is 5.27. The first-order chi connectivity index (χ1) is 14.7. The Hall–Kier alpha value is -2.54. The van der Waals surface area contributed by atoms with Crippen LogP contribution in [0.1, 0.15) is 70.8 Å². The average Bonchev–Trinajstić information content (AvgIpc) is 3.12. The first-order valence-electron chi connectivity index (χ1n) is 10.9. The standard InChI is InChI=1S/C23H28ClN5O2/c1-5-18-19-20(24)26-21(14-8-12-17(13-9-14)29(30)31)27-28(19)22(25-18)15-6-10-16(11-7-15)23(2,3)4/h8-9,12-13,15-16H,5-7,10-11H2,1-4H3/t15-,16+. The number of hydrogen-bond acceptors (Lipinski definition) is 5. The van der Waals surface area contributed by atoms with Crippen molar-refractivity contribution in [3.8, 4) is 11.4 Å². The molecule has 2 heterocycles. The number of imidazole rings is 1. The van der Waals surface area contributed by atoms with Gasteiger partial charge in [-0.25, -0.2) is 14.5 Å². The first kappa shape index (κ1) is 21.7. The largest absolute Gasteiger partial charge is 0.269 e. The fraction of sp³-hybridized carbons (Fsp3) is 0.522. The first-order valence-corrected chi connectivity index (χ1v) is 11.3. The lowest BCUT2D eigenvalue weighted by Crippen LogP contribution is -2.26. The van der Waals surface area contributed by atoms with Crippen LogP contribution in [0.15, 0.2) is 24.3 Å². The Morgan fingerprint density at radius 1 is 1.13 bits per heavy atom. The van der Waals surface area contributed by atoms with Gasteiger partial charge >= 0.3 is 0 Å². The lowest BCUT2D eigenvalue weighted by atomic mass is 9.70. The van der Waals surface area contributed by atoms with Gasteiger partial charge < -0.3 is 0 Å². The van der Waals surface area contributed by atoms with Gasteiger partial charge in [-0.15, -0.1) is 5.10 Å². The highest BCUT2D eigenvalue weighted by Crippen LogP contribution is 2.43.